The summed E-state index contributed by atoms with van der Waals surface area (Å²) < 4.78 is 1.71. The molecule has 2 N–H and O–H groups in total. The monoisotopic (exact) mass is 445 g/mol. The maximum atomic E-state index is 10.7. The zero-order valence-electron chi connectivity index (χ0n) is 19.2. The molecule has 10 heteroatoms. The van der Waals surface area contributed by atoms with Crippen LogP contribution in [0.5, 0.6) is 5.75 Å². The molecule has 0 spiro atoms. The number of aryl methyl sites for hydroxylation is 2. The number of hydrogen-bond acceptors (Lipinski definition) is 9. The molecule has 33 heavy (non-hydrogen) atoms. The number of nitrogens with one attached hydrogen (secondary N) is 1. The number of piperazine rings is 1. The first-order chi connectivity index (χ1) is 15.9. The molecule has 170 valence electrons. The number of rotatable bonds is 4. The first-order valence-corrected chi connectivity index (χ1v) is 11.1. The molecular weight excluding hydrogens is 418 g/mol. The van der Waals surface area contributed by atoms with Gasteiger partial charge in [0.15, 0.2) is 5.65 Å². The van der Waals surface area contributed by atoms with Gasteiger partial charge in [0, 0.05) is 36.8 Å². The lowest BCUT2D eigenvalue weighted by molar-refractivity contribution is 0.365. The third-order valence-electron chi connectivity index (χ3n) is 6.01. The summed E-state index contributed by atoms with van der Waals surface area (Å²) in [5.41, 5.74) is 4.06. The van der Waals surface area contributed by atoms with Gasteiger partial charge < -0.3 is 15.3 Å². The smallest absolute Gasteiger partial charge is 0.245 e. The second kappa shape index (κ2) is 8.36. The fourth-order valence-corrected chi connectivity index (χ4v) is 4.13. The van der Waals surface area contributed by atoms with Gasteiger partial charge in [0.2, 0.25) is 5.95 Å². The highest BCUT2D eigenvalue weighted by Gasteiger charge is 2.24. The molecule has 0 saturated carbocycles. The van der Waals surface area contributed by atoms with Gasteiger partial charge in [-0.2, -0.15) is 5.10 Å². The molecule has 4 aromatic rings. The number of nitrogens with zero attached hydrogens (tertiary/aromatic N) is 8. The molecule has 1 aromatic carbocycles. The van der Waals surface area contributed by atoms with E-state index in [0.717, 1.165) is 36.5 Å². The number of fused-ring (bicyclic) bond motifs is 1. The first kappa shape index (κ1) is 21.2. The third kappa shape index (κ3) is 4.09. The number of aromatic hydroxyl groups is 1. The van der Waals surface area contributed by atoms with Gasteiger partial charge in [-0.3, -0.25) is 0 Å². The van der Waals surface area contributed by atoms with E-state index in [4.69, 9.17) is 0 Å². The summed E-state index contributed by atoms with van der Waals surface area (Å²) in [6.45, 7) is 10.7. The number of benzene rings is 1. The van der Waals surface area contributed by atoms with Crippen LogP contribution in [0.15, 0.2) is 30.6 Å². The average Bonchev–Trinajstić information content (AvgIpc) is 3.20. The molecule has 1 saturated heterocycles. The topological polar surface area (TPSA) is 117 Å². The van der Waals surface area contributed by atoms with Gasteiger partial charge in [0.1, 0.15) is 17.3 Å². The van der Waals surface area contributed by atoms with Gasteiger partial charge in [-0.25, -0.2) is 19.5 Å². The fourth-order valence-electron chi connectivity index (χ4n) is 4.13. The molecule has 10 nitrogen and oxygen atoms in total. The van der Waals surface area contributed by atoms with Crippen molar-refractivity contribution < 1.29 is 5.11 Å². The lowest BCUT2D eigenvalue weighted by Gasteiger charge is -2.35. The van der Waals surface area contributed by atoms with Crippen molar-refractivity contribution in [3.63, 3.8) is 0 Å². The quantitative estimate of drug-likeness (QED) is 0.488. The normalized spacial score (nSPS) is 16.6. The molecule has 4 heterocycles. The summed E-state index contributed by atoms with van der Waals surface area (Å²) in [6.07, 6.45) is 3.47. The fraction of sp³-hybridized carbons (Fsp3) is 0.391. The van der Waals surface area contributed by atoms with Crippen molar-refractivity contribution in [3.8, 4) is 28.3 Å². The summed E-state index contributed by atoms with van der Waals surface area (Å²) in [7, 11) is 0. The Morgan fingerprint density at radius 1 is 1.12 bits per heavy atom. The van der Waals surface area contributed by atoms with E-state index in [-0.39, 0.29) is 5.75 Å². The van der Waals surface area contributed by atoms with Crippen LogP contribution in [-0.4, -0.2) is 65.5 Å². The standard InChI is InChI=1S/C23H27N9O/c1-13(2)19-11-31(8-7-24-19)23-25-10-18(28-29-23)17-6-5-16(9-21(17)33)20-12-32-22(14(3)26-20)27-15(4)30-32/h5-6,9-10,12-13,19,24,33H,7-8,11H2,1-4H3. The molecule has 0 aliphatic carbocycles. The van der Waals surface area contributed by atoms with Crippen LogP contribution in [0.2, 0.25) is 0 Å². The van der Waals surface area contributed by atoms with E-state index in [1.807, 2.05) is 32.2 Å². The van der Waals surface area contributed by atoms with Crippen molar-refractivity contribution >= 4 is 11.6 Å². The molecule has 1 aliphatic heterocycles. The van der Waals surface area contributed by atoms with Crippen molar-refractivity contribution in [2.45, 2.75) is 33.7 Å². The van der Waals surface area contributed by atoms with Crippen LogP contribution in [0.25, 0.3) is 28.2 Å². The Morgan fingerprint density at radius 2 is 1.97 bits per heavy atom. The average molecular weight is 446 g/mol. The van der Waals surface area contributed by atoms with Gasteiger partial charge >= 0.3 is 0 Å². The van der Waals surface area contributed by atoms with E-state index in [1.165, 1.54) is 0 Å². The summed E-state index contributed by atoms with van der Waals surface area (Å²) >= 11 is 0. The number of hydrogen-bond donors (Lipinski definition) is 2. The van der Waals surface area contributed by atoms with E-state index in [2.05, 4.69) is 54.3 Å². The molecule has 0 radical (unpaired) electrons. The SMILES string of the molecule is Cc1nc2c(C)nc(-c3ccc(-c4cnc(N5CCNC(C(C)C)C5)nn4)c(O)c3)cn2n1. The first-order valence-electron chi connectivity index (χ1n) is 11.1. The molecule has 1 atom stereocenters. The molecule has 0 amide bonds. The minimum atomic E-state index is 0.0905. The van der Waals surface area contributed by atoms with E-state index in [9.17, 15) is 5.11 Å². The van der Waals surface area contributed by atoms with Crippen molar-refractivity contribution in [3.05, 3.63) is 42.1 Å². The van der Waals surface area contributed by atoms with E-state index in [0.29, 0.717) is 40.7 Å². The Morgan fingerprint density at radius 3 is 2.70 bits per heavy atom. The summed E-state index contributed by atoms with van der Waals surface area (Å²) in [4.78, 5) is 15.7. The van der Waals surface area contributed by atoms with E-state index in [1.54, 1.807) is 16.8 Å². The zero-order chi connectivity index (χ0) is 23.1. The predicted molar refractivity (Wildman–Crippen MR) is 125 cm³/mol. The molecule has 1 fully saturated rings. The molecule has 5 rings (SSSR count). The van der Waals surface area contributed by atoms with Crippen LogP contribution in [0.4, 0.5) is 5.95 Å². The highest BCUT2D eigenvalue weighted by molar-refractivity contribution is 5.72. The van der Waals surface area contributed by atoms with Crippen LogP contribution in [0.3, 0.4) is 0 Å². The molecule has 0 bridgehead atoms. The van der Waals surface area contributed by atoms with Crippen LogP contribution in [0, 0.1) is 19.8 Å². The van der Waals surface area contributed by atoms with Gasteiger partial charge in [-0.1, -0.05) is 19.9 Å². The Kier molecular flexibility index (Phi) is 5.37. The lowest BCUT2D eigenvalue weighted by Crippen LogP contribution is -2.53. The van der Waals surface area contributed by atoms with Gasteiger partial charge in [-0.15, -0.1) is 10.2 Å². The van der Waals surface area contributed by atoms with Crippen LogP contribution in [0.1, 0.15) is 25.4 Å². The minimum Gasteiger partial charge on any atom is -0.507 e. The Labute approximate surface area is 191 Å². The Balaban J connectivity index is 1.40. The lowest BCUT2D eigenvalue weighted by atomic mass is 10.0. The highest BCUT2D eigenvalue weighted by Crippen LogP contribution is 2.32. The maximum Gasteiger partial charge on any atom is 0.245 e. The summed E-state index contributed by atoms with van der Waals surface area (Å²) in [6, 6.07) is 5.78. The van der Waals surface area contributed by atoms with E-state index >= 15 is 0 Å². The number of aromatic nitrogens is 7. The van der Waals surface area contributed by atoms with Gasteiger partial charge in [0.25, 0.3) is 0 Å². The zero-order valence-corrected chi connectivity index (χ0v) is 19.2. The van der Waals surface area contributed by atoms with Gasteiger partial charge in [-0.05, 0) is 31.9 Å². The van der Waals surface area contributed by atoms with Crippen molar-refractivity contribution in [1.29, 1.82) is 0 Å². The number of phenols is 1. The van der Waals surface area contributed by atoms with Crippen LogP contribution in [-0.2, 0) is 0 Å². The summed E-state index contributed by atoms with van der Waals surface area (Å²) in [5.74, 6) is 1.92. The number of anilines is 1. The molecule has 3 aromatic heterocycles. The van der Waals surface area contributed by atoms with E-state index < -0.39 is 0 Å². The highest BCUT2D eigenvalue weighted by atomic mass is 16.3. The molecular formula is C23H27N9O. The minimum absolute atomic E-state index is 0.0905. The van der Waals surface area contributed by atoms with Crippen molar-refractivity contribution in [1.82, 2.24) is 40.1 Å². The largest absolute Gasteiger partial charge is 0.507 e. The molecule has 1 unspecified atom stereocenters. The van der Waals surface area contributed by atoms with Crippen LogP contribution < -0.4 is 10.2 Å². The van der Waals surface area contributed by atoms with Gasteiger partial charge in [0.05, 0.1) is 23.8 Å². The maximum absolute atomic E-state index is 10.7. The van der Waals surface area contributed by atoms with Crippen LogP contribution >= 0.6 is 0 Å². The predicted octanol–water partition coefficient (Wildman–Crippen LogP) is 2.40. The Bertz CT molecular complexity index is 1300. The second-order valence-corrected chi connectivity index (χ2v) is 8.76. The third-order valence-corrected chi connectivity index (χ3v) is 6.01. The Hall–Kier alpha value is -3.66. The van der Waals surface area contributed by atoms with Crippen molar-refractivity contribution in [2.24, 2.45) is 5.92 Å². The summed E-state index contributed by atoms with van der Waals surface area (Å²) in [5, 5.41) is 27.3. The molecule has 1 aliphatic rings. The number of phenolic OH excluding ortho intramolecular Hbond substituents is 1. The second-order valence-electron chi connectivity index (χ2n) is 8.76. The van der Waals surface area contributed by atoms with Crippen molar-refractivity contribution in [2.75, 3.05) is 24.5 Å².